The van der Waals surface area contributed by atoms with Gasteiger partial charge >= 0.3 is 0 Å². The first-order chi connectivity index (χ1) is 10.6. The number of rotatable bonds is 5. The average Bonchev–Trinajstić information content (AvgIpc) is 2.92. The third kappa shape index (κ3) is 4.11. The molecule has 1 aromatic heterocycles. The van der Waals surface area contributed by atoms with E-state index in [1.807, 2.05) is 12.1 Å². The van der Waals surface area contributed by atoms with Gasteiger partial charge in [0.1, 0.15) is 17.4 Å². The van der Waals surface area contributed by atoms with Crippen LogP contribution in [0.2, 0.25) is 5.02 Å². The third-order valence-electron chi connectivity index (χ3n) is 2.75. The summed E-state index contributed by atoms with van der Waals surface area (Å²) in [6.07, 6.45) is 1.28. The van der Waals surface area contributed by atoms with Crippen LogP contribution in [0.3, 0.4) is 0 Å². The summed E-state index contributed by atoms with van der Waals surface area (Å²) < 4.78 is 4.87. The molecular formula is C15H13ClN4O2. The zero-order valence-electron chi connectivity index (χ0n) is 11.8. The predicted molar refractivity (Wildman–Crippen MR) is 81.9 cm³/mol. The number of carbonyl (C=O) groups is 1. The molecule has 1 aromatic carbocycles. The van der Waals surface area contributed by atoms with E-state index in [4.69, 9.17) is 21.4 Å². The Morgan fingerprint density at radius 3 is 2.91 bits per heavy atom. The van der Waals surface area contributed by atoms with E-state index in [2.05, 4.69) is 15.8 Å². The number of hydrogen-bond acceptors (Lipinski definition) is 5. The Morgan fingerprint density at radius 2 is 2.27 bits per heavy atom. The molecule has 0 spiro atoms. The molecule has 0 saturated heterocycles. The summed E-state index contributed by atoms with van der Waals surface area (Å²) in [6, 6.07) is 10.6. The number of anilines is 1. The van der Waals surface area contributed by atoms with Gasteiger partial charge in [-0.2, -0.15) is 5.26 Å². The lowest BCUT2D eigenvalue weighted by Crippen LogP contribution is -2.24. The Bertz CT molecular complexity index is 746. The molecule has 0 aliphatic carbocycles. The molecule has 0 bridgehead atoms. The largest absolute Gasteiger partial charge is 0.360 e. The van der Waals surface area contributed by atoms with E-state index in [0.29, 0.717) is 16.6 Å². The predicted octanol–water partition coefficient (Wildman–Crippen LogP) is 2.77. The van der Waals surface area contributed by atoms with Gasteiger partial charge in [-0.15, -0.1) is 0 Å². The lowest BCUT2D eigenvalue weighted by atomic mass is 10.2. The lowest BCUT2D eigenvalue weighted by Gasteiger charge is -2.06. The highest BCUT2D eigenvalue weighted by molar-refractivity contribution is 6.31. The molecule has 1 heterocycles. The number of aryl methyl sites for hydroxylation is 1. The van der Waals surface area contributed by atoms with Crippen molar-refractivity contribution < 1.29 is 9.32 Å². The summed E-state index contributed by atoms with van der Waals surface area (Å²) in [5.41, 5.74) is 0.697. The van der Waals surface area contributed by atoms with Gasteiger partial charge in [-0.3, -0.25) is 4.79 Å². The van der Waals surface area contributed by atoms with Gasteiger partial charge in [-0.25, -0.2) is 0 Å². The maximum absolute atomic E-state index is 12.0. The number of carbonyl (C=O) groups excluding carboxylic acids is 1. The van der Waals surface area contributed by atoms with Gasteiger partial charge in [-0.1, -0.05) is 35.0 Å². The molecule has 22 heavy (non-hydrogen) atoms. The molecule has 6 nitrogen and oxygen atoms in total. The summed E-state index contributed by atoms with van der Waals surface area (Å²) >= 11 is 6.00. The first-order valence-corrected chi connectivity index (χ1v) is 6.79. The number of nitriles is 1. The number of halogens is 1. The average molecular weight is 317 g/mol. The van der Waals surface area contributed by atoms with Gasteiger partial charge in [0.25, 0.3) is 5.91 Å². The van der Waals surface area contributed by atoms with Crippen LogP contribution in [0, 0.1) is 18.3 Å². The number of nitrogens with zero attached hydrogens (tertiary/aromatic N) is 2. The minimum absolute atomic E-state index is 0.0762. The fraction of sp³-hybridized carbons (Fsp3) is 0.133. The van der Waals surface area contributed by atoms with Gasteiger partial charge in [0.05, 0.1) is 0 Å². The number of hydrogen-bond donors (Lipinski definition) is 2. The number of aromatic nitrogens is 1. The van der Waals surface area contributed by atoms with Crippen molar-refractivity contribution in [3.8, 4) is 6.07 Å². The molecule has 0 atom stereocenters. The minimum atomic E-state index is -0.505. The van der Waals surface area contributed by atoms with Crippen LogP contribution in [0.4, 0.5) is 5.82 Å². The van der Waals surface area contributed by atoms with E-state index < -0.39 is 5.91 Å². The SMILES string of the molecule is Cc1cc(N/C=C(/C#N)C(=O)NCc2ccccc2Cl)no1. The molecule has 0 unspecified atom stereocenters. The van der Waals surface area contributed by atoms with Crippen LogP contribution < -0.4 is 10.6 Å². The van der Waals surface area contributed by atoms with Crippen molar-refractivity contribution in [2.45, 2.75) is 13.5 Å². The highest BCUT2D eigenvalue weighted by atomic mass is 35.5. The Labute approximate surface area is 132 Å². The van der Waals surface area contributed by atoms with Crippen molar-refractivity contribution in [3.63, 3.8) is 0 Å². The van der Waals surface area contributed by atoms with Crippen molar-refractivity contribution in [2.24, 2.45) is 0 Å². The van der Waals surface area contributed by atoms with E-state index in [1.54, 1.807) is 31.2 Å². The van der Waals surface area contributed by atoms with E-state index in [0.717, 1.165) is 5.56 Å². The molecule has 0 aliphatic heterocycles. The van der Waals surface area contributed by atoms with Crippen LogP contribution in [0.25, 0.3) is 0 Å². The first kappa shape index (κ1) is 15.6. The van der Waals surface area contributed by atoms with Gasteiger partial charge in [0.15, 0.2) is 5.82 Å². The smallest absolute Gasteiger partial charge is 0.263 e. The molecule has 112 valence electrons. The van der Waals surface area contributed by atoms with Crippen LogP contribution in [0.5, 0.6) is 0 Å². The molecule has 7 heteroatoms. The highest BCUT2D eigenvalue weighted by Gasteiger charge is 2.10. The van der Waals surface area contributed by atoms with Gasteiger partial charge in [0.2, 0.25) is 0 Å². The molecular weight excluding hydrogens is 304 g/mol. The molecule has 1 amide bonds. The number of benzene rings is 1. The van der Waals surface area contributed by atoms with Crippen LogP contribution in [-0.4, -0.2) is 11.1 Å². The van der Waals surface area contributed by atoms with E-state index in [1.165, 1.54) is 6.20 Å². The third-order valence-corrected chi connectivity index (χ3v) is 3.12. The molecule has 2 N–H and O–H groups in total. The monoisotopic (exact) mass is 316 g/mol. The fourth-order valence-electron chi connectivity index (χ4n) is 1.64. The van der Waals surface area contributed by atoms with Crippen molar-refractivity contribution in [1.82, 2.24) is 10.5 Å². The van der Waals surface area contributed by atoms with E-state index in [9.17, 15) is 4.79 Å². The molecule has 0 fully saturated rings. The van der Waals surface area contributed by atoms with Crippen LogP contribution in [0.15, 0.2) is 46.6 Å². The highest BCUT2D eigenvalue weighted by Crippen LogP contribution is 2.14. The van der Waals surface area contributed by atoms with Crippen molar-refractivity contribution in [2.75, 3.05) is 5.32 Å². The van der Waals surface area contributed by atoms with E-state index in [-0.39, 0.29) is 12.1 Å². The molecule has 0 aliphatic rings. The second-order valence-electron chi connectivity index (χ2n) is 4.41. The van der Waals surface area contributed by atoms with Gasteiger partial charge in [0, 0.05) is 23.8 Å². The van der Waals surface area contributed by atoms with Crippen LogP contribution in [0.1, 0.15) is 11.3 Å². The normalized spacial score (nSPS) is 10.9. The zero-order chi connectivity index (χ0) is 15.9. The molecule has 2 rings (SSSR count). The summed E-state index contributed by atoms with van der Waals surface area (Å²) in [6.45, 7) is 1.98. The Kier molecular flexibility index (Phi) is 5.17. The summed E-state index contributed by atoms with van der Waals surface area (Å²) in [5, 5.41) is 18.7. The first-order valence-electron chi connectivity index (χ1n) is 6.42. The molecule has 0 saturated carbocycles. The van der Waals surface area contributed by atoms with Crippen molar-refractivity contribution >= 4 is 23.3 Å². The Balaban J connectivity index is 1.97. The molecule has 2 aromatic rings. The fourth-order valence-corrected chi connectivity index (χ4v) is 1.84. The Morgan fingerprint density at radius 1 is 1.50 bits per heavy atom. The Hall–Kier alpha value is -2.78. The minimum Gasteiger partial charge on any atom is -0.360 e. The van der Waals surface area contributed by atoms with Gasteiger partial charge < -0.3 is 15.2 Å². The summed E-state index contributed by atoms with van der Waals surface area (Å²) in [7, 11) is 0. The summed E-state index contributed by atoms with van der Waals surface area (Å²) in [5.74, 6) is 0.539. The number of nitrogens with one attached hydrogen (secondary N) is 2. The standard InChI is InChI=1S/C15H13ClN4O2/c1-10-6-14(20-22-10)18-9-12(7-17)15(21)19-8-11-4-2-3-5-13(11)16/h2-6,9H,8H2,1H3,(H,18,20)(H,19,21)/b12-9-. The summed E-state index contributed by atoms with van der Waals surface area (Å²) in [4.78, 5) is 12.0. The van der Waals surface area contributed by atoms with Crippen LogP contribution in [-0.2, 0) is 11.3 Å². The maximum atomic E-state index is 12.0. The zero-order valence-corrected chi connectivity index (χ0v) is 12.5. The van der Waals surface area contributed by atoms with Crippen molar-refractivity contribution in [1.29, 1.82) is 5.26 Å². The quantitative estimate of drug-likeness (QED) is 0.654. The van der Waals surface area contributed by atoms with Crippen molar-refractivity contribution in [3.05, 3.63) is 58.5 Å². The second kappa shape index (κ2) is 7.29. The lowest BCUT2D eigenvalue weighted by molar-refractivity contribution is -0.117. The number of amides is 1. The topological polar surface area (TPSA) is 91.0 Å². The maximum Gasteiger partial charge on any atom is 0.263 e. The second-order valence-corrected chi connectivity index (χ2v) is 4.82. The van der Waals surface area contributed by atoms with Crippen LogP contribution >= 0.6 is 11.6 Å². The van der Waals surface area contributed by atoms with E-state index >= 15 is 0 Å². The molecule has 0 radical (unpaired) electrons. The van der Waals surface area contributed by atoms with Gasteiger partial charge in [-0.05, 0) is 18.6 Å².